The molecule has 4 N–H and O–H groups in total. The molecule has 1 rings (SSSR count). The first-order chi connectivity index (χ1) is 8.92. The molecule has 0 bridgehead atoms. The second-order valence-corrected chi connectivity index (χ2v) is 6.02. The van der Waals surface area contributed by atoms with Crippen LogP contribution in [0.25, 0.3) is 0 Å². The van der Waals surface area contributed by atoms with E-state index < -0.39 is 22.6 Å². The molecule has 5 nitrogen and oxygen atoms in total. The number of hydrogen-bond donors (Lipinski definition) is 2. The van der Waals surface area contributed by atoms with Gasteiger partial charge in [0.05, 0.1) is 11.3 Å². The third-order valence-corrected chi connectivity index (χ3v) is 3.84. The number of primary sulfonamides is 1. The lowest BCUT2D eigenvalue weighted by Crippen LogP contribution is -2.25. The fraction of sp³-hybridized carbons (Fsp3) is 0.455. The topological polar surface area (TPSA) is 89.4 Å². The molecule has 0 aromatic heterocycles. The minimum Gasteiger partial charge on any atom is -0.399 e. The van der Waals surface area contributed by atoms with Gasteiger partial charge in [-0.3, -0.25) is 0 Å². The lowest BCUT2D eigenvalue weighted by atomic mass is 10.1. The number of nitrogen functional groups attached to an aromatic ring is 1. The maximum atomic E-state index is 12.2. The van der Waals surface area contributed by atoms with Crippen molar-refractivity contribution in [3.63, 3.8) is 0 Å². The van der Waals surface area contributed by atoms with E-state index in [1.54, 1.807) is 0 Å². The predicted molar refractivity (Wildman–Crippen MR) is 70.9 cm³/mol. The van der Waals surface area contributed by atoms with Gasteiger partial charge in [-0.2, -0.15) is 13.2 Å². The molecule has 9 heteroatoms. The quantitative estimate of drug-likeness (QED) is 0.827. The summed E-state index contributed by atoms with van der Waals surface area (Å²) in [5.74, 6) is 0. The number of sulfonamides is 1. The maximum Gasteiger partial charge on any atom is 0.390 e. The Bertz CT molecular complexity index is 600. The molecule has 0 amide bonds. The summed E-state index contributed by atoms with van der Waals surface area (Å²) in [6.45, 7) is 1.16. The van der Waals surface area contributed by atoms with Crippen molar-refractivity contribution in [2.75, 3.05) is 24.2 Å². The van der Waals surface area contributed by atoms with Crippen molar-refractivity contribution in [1.29, 1.82) is 0 Å². The van der Waals surface area contributed by atoms with E-state index in [-0.39, 0.29) is 22.7 Å². The van der Waals surface area contributed by atoms with Crippen molar-refractivity contribution in [2.24, 2.45) is 5.14 Å². The van der Waals surface area contributed by atoms with Gasteiger partial charge in [0.15, 0.2) is 0 Å². The van der Waals surface area contributed by atoms with Crippen LogP contribution in [0.2, 0.25) is 0 Å². The first-order valence-corrected chi connectivity index (χ1v) is 7.17. The van der Waals surface area contributed by atoms with E-state index in [0.717, 1.165) is 0 Å². The highest BCUT2D eigenvalue weighted by molar-refractivity contribution is 7.89. The van der Waals surface area contributed by atoms with Crippen LogP contribution in [0.4, 0.5) is 24.5 Å². The molecule has 0 spiro atoms. The minimum absolute atomic E-state index is 0.119. The van der Waals surface area contributed by atoms with Crippen molar-refractivity contribution >= 4 is 21.4 Å². The molecular formula is C11H16F3N3O2S. The average molecular weight is 311 g/mol. The van der Waals surface area contributed by atoms with Gasteiger partial charge in [0.25, 0.3) is 0 Å². The molecule has 0 heterocycles. The average Bonchev–Trinajstić information content (AvgIpc) is 2.26. The minimum atomic E-state index is -4.29. The monoisotopic (exact) mass is 311 g/mol. The summed E-state index contributed by atoms with van der Waals surface area (Å²) in [5.41, 5.74) is 6.27. The van der Waals surface area contributed by atoms with Crippen molar-refractivity contribution in [2.45, 2.75) is 24.4 Å². The van der Waals surface area contributed by atoms with Gasteiger partial charge in [0.2, 0.25) is 10.0 Å². The van der Waals surface area contributed by atoms with Crippen LogP contribution < -0.4 is 15.8 Å². The highest BCUT2D eigenvalue weighted by atomic mass is 32.2. The number of nitrogens with zero attached hydrogens (tertiary/aromatic N) is 1. The second-order valence-electron chi connectivity index (χ2n) is 4.49. The van der Waals surface area contributed by atoms with Crippen molar-refractivity contribution < 1.29 is 21.6 Å². The van der Waals surface area contributed by atoms with Gasteiger partial charge in [-0.15, -0.1) is 0 Å². The Kier molecular flexibility index (Phi) is 4.55. The molecule has 0 saturated heterocycles. The zero-order chi connectivity index (χ0) is 15.7. The largest absolute Gasteiger partial charge is 0.399 e. The van der Waals surface area contributed by atoms with E-state index in [4.69, 9.17) is 10.9 Å². The van der Waals surface area contributed by atoms with Gasteiger partial charge in [-0.25, -0.2) is 13.6 Å². The second kappa shape index (κ2) is 5.49. The van der Waals surface area contributed by atoms with Gasteiger partial charge in [0, 0.05) is 25.0 Å². The van der Waals surface area contributed by atoms with Crippen LogP contribution in [0.3, 0.4) is 0 Å². The summed E-state index contributed by atoms with van der Waals surface area (Å²) in [6, 6.07) is 2.60. The molecule has 0 fully saturated rings. The van der Waals surface area contributed by atoms with E-state index in [9.17, 15) is 21.6 Å². The first kappa shape index (κ1) is 16.6. The Hall–Kier alpha value is -1.48. The number of halogens is 3. The zero-order valence-corrected chi connectivity index (χ0v) is 11.8. The summed E-state index contributed by atoms with van der Waals surface area (Å²) in [7, 11) is -2.55. The van der Waals surface area contributed by atoms with Crippen LogP contribution in [-0.4, -0.2) is 28.2 Å². The molecule has 114 valence electrons. The third kappa shape index (κ3) is 4.27. The van der Waals surface area contributed by atoms with Crippen LogP contribution in [0, 0.1) is 6.92 Å². The fourth-order valence-electron chi connectivity index (χ4n) is 1.80. The van der Waals surface area contributed by atoms with Crippen molar-refractivity contribution in [3.8, 4) is 0 Å². The summed E-state index contributed by atoms with van der Waals surface area (Å²) in [5, 5.41) is 5.06. The van der Waals surface area contributed by atoms with Gasteiger partial charge in [-0.05, 0) is 24.6 Å². The van der Waals surface area contributed by atoms with Crippen LogP contribution in [0.15, 0.2) is 17.0 Å². The normalized spacial score (nSPS) is 12.5. The molecule has 0 unspecified atom stereocenters. The molecule has 0 atom stereocenters. The highest BCUT2D eigenvalue weighted by Gasteiger charge is 2.28. The Morgan fingerprint density at radius 2 is 1.85 bits per heavy atom. The summed E-state index contributed by atoms with van der Waals surface area (Å²) in [4.78, 5) is 1.11. The Balaban J connectivity index is 3.16. The predicted octanol–water partition coefficient (Wildman–Crippen LogP) is 1.61. The molecule has 0 aliphatic carbocycles. The van der Waals surface area contributed by atoms with Crippen molar-refractivity contribution in [3.05, 3.63) is 17.7 Å². The van der Waals surface area contributed by atoms with E-state index >= 15 is 0 Å². The highest BCUT2D eigenvalue weighted by Crippen LogP contribution is 2.29. The molecule has 0 aliphatic heterocycles. The van der Waals surface area contributed by atoms with Crippen molar-refractivity contribution in [1.82, 2.24) is 0 Å². The summed E-state index contributed by atoms with van der Waals surface area (Å²) in [6.07, 6.45) is -5.30. The third-order valence-electron chi connectivity index (χ3n) is 2.80. The molecule has 0 saturated carbocycles. The number of anilines is 2. The van der Waals surface area contributed by atoms with Gasteiger partial charge in [0.1, 0.15) is 0 Å². The zero-order valence-electron chi connectivity index (χ0n) is 11.0. The van der Waals surface area contributed by atoms with Gasteiger partial charge in [-0.1, -0.05) is 0 Å². The van der Waals surface area contributed by atoms with Crippen LogP contribution in [0.5, 0.6) is 0 Å². The van der Waals surface area contributed by atoms with Crippen LogP contribution in [0.1, 0.15) is 12.0 Å². The molecule has 0 radical (unpaired) electrons. The Morgan fingerprint density at radius 3 is 2.30 bits per heavy atom. The summed E-state index contributed by atoms with van der Waals surface area (Å²) >= 11 is 0. The smallest absolute Gasteiger partial charge is 0.390 e. The maximum absolute atomic E-state index is 12.2. The molecule has 1 aromatic rings. The molecular weight excluding hydrogens is 295 g/mol. The van der Waals surface area contributed by atoms with Gasteiger partial charge < -0.3 is 10.6 Å². The van der Waals surface area contributed by atoms with E-state index in [1.807, 2.05) is 0 Å². The first-order valence-electron chi connectivity index (χ1n) is 5.62. The van der Waals surface area contributed by atoms with Crippen LogP contribution >= 0.6 is 0 Å². The fourth-order valence-corrected chi connectivity index (χ4v) is 2.63. The SMILES string of the molecule is Cc1c(N(C)CCC(F)(F)F)cc(N)cc1S(N)(=O)=O. The number of benzene rings is 1. The summed E-state index contributed by atoms with van der Waals surface area (Å²) < 4.78 is 59.5. The molecule has 0 aliphatic rings. The lowest BCUT2D eigenvalue weighted by molar-refractivity contribution is -0.132. The Morgan fingerprint density at radius 1 is 1.30 bits per heavy atom. The van der Waals surface area contributed by atoms with E-state index in [0.29, 0.717) is 5.69 Å². The van der Waals surface area contributed by atoms with Crippen LogP contribution in [-0.2, 0) is 10.0 Å². The number of nitrogens with two attached hydrogens (primary N) is 2. The molecule has 1 aromatic carbocycles. The Labute approximate surface area is 115 Å². The number of alkyl halides is 3. The van der Waals surface area contributed by atoms with E-state index in [1.165, 1.54) is 31.0 Å². The number of rotatable bonds is 4. The molecule has 20 heavy (non-hydrogen) atoms. The lowest BCUT2D eigenvalue weighted by Gasteiger charge is -2.23. The van der Waals surface area contributed by atoms with E-state index in [2.05, 4.69) is 0 Å². The standard InChI is InChI=1S/C11H16F3N3O2S/c1-7-9(17(2)4-3-11(12,13)14)5-8(15)6-10(7)20(16,18)19/h5-6H,3-4,15H2,1-2H3,(H2,16,18,19). The number of hydrogen-bond acceptors (Lipinski definition) is 4. The van der Waals surface area contributed by atoms with Gasteiger partial charge >= 0.3 is 6.18 Å².